The van der Waals surface area contributed by atoms with Crippen LogP contribution in [0.1, 0.15) is 18.4 Å². The molecule has 2 rings (SSSR count). The molecule has 0 bridgehead atoms. The maximum absolute atomic E-state index is 12.9. The van der Waals surface area contributed by atoms with Crippen molar-refractivity contribution < 1.29 is 4.39 Å². The lowest BCUT2D eigenvalue weighted by atomic mass is 9.98. The minimum atomic E-state index is -0.501. The van der Waals surface area contributed by atoms with Gasteiger partial charge in [-0.3, -0.25) is 0 Å². The molecule has 1 fully saturated rings. The van der Waals surface area contributed by atoms with Crippen LogP contribution >= 0.6 is 11.6 Å². The fraction of sp³-hybridized carbons (Fsp3) is 0.300. The third kappa shape index (κ3) is 1.30. The van der Waals surface area contributed by atoms with Gasteiger partial charge in [-0.25, -0.2) is 4.39 Å². The molecule has 3 heteroatoms. The van der Waals surface area contributed by atoms with Crippen LogP contribution in [0.25, 0.3) is 0 Å². The van der Waals surface area contributed by atoms with Gasteiger partial charge in [0.15, 0.2) is 0 Å². The Morgan fingerprint density at radius 1 is 1.46 bits per heavy atom. The van der Waals surface area contributed by atoms with Crippen LogP contribution in [0, 0.1) is 17.1 Å². The van der Waals surface area contributed by atoms with E-state index in [-0.39, 0.29) is 5.82 Å². The van der Waals surface area contributed by atoms with E-state index in [9.17, 15) is 4.39 Å². The highest BCUT2D eigenvalue weighted by molar-refractivity contribution is 6.31. The van der Waals surface area contributed by atoms with Crippen LogP contribution in [0.3, 0.4) is 0 Å². The molecule has 1 aromatic carbocycles. The lowest BCUT2D eigenvalue weighted by molar-refractivity contribution is 0.623. The van der Waals surface area contributed by atoms with Crippen molar-refractivity contribution in [1.29, 1.82) is 5.26 Å². The minimum absolute atomic E-state index is 0.332. The predicted octanol–water partition coefficient (Wildman–Crippen LogP) is 3.03. The molecule has 1 aliphatic rings. The standard InChI is InChI=1S/C10H7ClFN/c11-9-2-1-7(12)5-8(9)10(6-13)3-4-10/h1-2,5H,3-4H2. The zero-order valence-electron chi connectivity index (χ0n) is 6.85. The first-order chi connectivity index (χ1) is 6.18. The van der Waals surface area contributed by atoms with Crippen molar-refractivity contribution in [3.63, 3.8) is 0 Å². The second-order valence-electron chi connectivity index (χ2n) is 3.32. The van der Waals surface area contributed by atoms with Crippen molar-refractivity contribution >= 4 is 11.6 Å². The fourth-order valence-electron chi connectivity index (χ4n) is 1.43. The van der Waals surface area contributed by atoms with Gasteiger partial charge in [-0.1, -0.05) is 11.6 Å². The lowest BCUT2D eigenvalue weighted by Crippen LogP contribution is -2.03. The van der Waals surface area contributed by atoms with Gasteiger partial charge in [-0.05, 0) is 36.6 Å². The van der Waals surface area contributed by atoms with E-state index in [1.807, 2.05) is 0 Å². The number of nitriles is 1. The largest absolute Gasteiger partial charge is 0.207 e. The number of benzene rings is 1. The Balaban J connectivity index is 2.52. The number of nitrogens with zero attached hydrogens (tertiary/aromatic N) is 1. The molecule has 13 heavy (non-hydrogen) atoms. The van der Waals surface area contributed by atoms with Crippen LogP contribution < -0.4 is 0 Å². The number of rotatable bonds is 1. The zero-order chi connectivity index (χ0) is 9.47. The molecule has 66 valence electrons. The Hall–Kier alpha value is -1.07. The highest BCUT2D eigenvalue weighted by atomic mass is 35.5. The highest BCUT2D eigenvalue weighted by Crippen LogP contribution is 2.49. The van der Waals surface area contributed by atoms with Gasteiger partial charge in [0.2, 0.25) is 0 Å². The highest BCUT2D eigenvalue weighted by Gasteiger charge is 2.46. The Labute approximate surface area is 80.7 Å². The van der Waals surface area contributed by atoms with Gasteiger partial charge in [0.05, 0.1) is 11.5 Å². The van der Waals surface area contributed by atoms with E-state index in [2.05, 4.69) is 6.07 Å². The molecule has 1 aliphatic carbocycles. The van der Waals surface area contributed by atoms with Crippen molar-refractivity contribution in [2.24, 2.45) is 0 Å². The van der Waals surface area contributed by atoms with Gasteiger partial charge < -0.3 is 0 Å². The van der Waals surface area contributed by atoms with E-state index in [1.54, 1.807) is 0 Å². The summed E-state index contributed by atoms with van der Waals surface area (Å²) in [5.74, 6) is -0.332. The Bertz CT molecular complexity index is 390. The van der Waals surface area contributed by atoms with E-state index in [1.165, 1.54) is 18.2 Å². The van der Waals surface area contributed by atoms with E-state index >= 15 is 0 Å². The third-order valence-corrected chi connectivity index (χ3v) is 2.74. The first-order valence-electron chi connectivity index (χ1n) is 4.05. The van der Waals surface area contributed by atoms with Crippen LogP contribution in [-0.4, -0.2) is 0 Å². The molecule has 0 heterocycles. The van der Waals surface area contributed by atoms with E-state index in [0.717, 1.165) is 12.8 Å². The van der Waals surface area contributed by atoms with Gasteiger partial charge in [0, 0.05) is 5.02 Å². The zero-order valence-corrected chi connectivity index (χ0v) is 7.61. The second-order valence-corrected chi connectivity index (χ2v) is 3.73. The first kappa shape index (κ1) is 8.52. The summed E-state index contributed by atoms with van der Waals surface area (Å²) in [5.41, 5.74) is 0.135. The summed E-state index contributed by atoms with van der Waals surface area (Å²) in [6.45, 7) is 0. The van der Waals surface area contributed by atoms with Crippen molar-refractivity contribution in [3.05, 3.63) is 34.6 Å². The molecule has 0 atom stereocenters. The summed E-state index contributed by atoms with van der Waals surface area (Å²) in [6, 6.07) is 6.35. The van der Waals surface area contributed by atoms with Gasteiger partial charge in [-0.15, -0.1) is 0 Å². The van der Waals surface area contributed by atoms with Gasteiger partial charge in [0.25, 0.3) is 0 Å². The summed E-state index contributed by atoms with van der Waals surface area (Å²) >= 11 is 5.88. The summed E-state index contributed by atoms with van der Waals surface area (Å²) in [5, 5.41) is 9.38. The Kier molecular flexibility index (Phi) is 1.78. The first-order valence-corrected chi connectivity index (χ1v) is 4.42. The monoisotopic (exact) mass is 195 g/mol. The van der Waals surface area contributed by atoms with Crippen LogP contribution in [0.2, 0.25) is 5.02 Å². The maximum atomic E-state index is 12.9. The number of halogens is 2. The molecule has 0 radical (unpaired) electrons. The van der Waals surface area contributed by atoms with Crippen LogP contribution in [0.5, 0.6) is 0 Å². The molecule has 1 aromatic rings. The lowest BCUT2D eigenvalue weighted by Gasteiger charge is -2.07. The molecule has 0 unspecified atom stereocenters. The third-order valence-electron chi connectivity index (χ3n) is 2.41. The SMILES string of the molecule is N#CC1(c2cc(F)ccc2Cl)CC1. The molecule has 0 saturated heterocycles. The fourth-order valence-corrected chi connectivity index (χ4v) is 1.73. The van der Waals surface area contributed by atoms with Crippen molar-refractivity contribution in [2.75, 3.05) is 0 Å². The normalized spacial score (nSPS) is 17.9. The molecular formula is C10H7ClFN. The molecule has 0 amide bonds. The summed E-state index contributed by atoms with van der Waals surface area (Å²) in [6.07, 6.45) is 1.57. The molecule has 0 aromatic heterocycles. The summed E-state index contributed by atoms with van der Waals surface area (Å²) < 4.78 is 12.9. The average Bonchev–Trinajstić information content (AvgIpc) is 2.90. The number of hydrogen-bond acceptors (Lipinski definition) is 1. The second kappa shape index (κ2) is 2.71. The molecule has 0 spiro atoms. The summed E-state index contributed by atoms with van der Waals surface area (Å²) in [4.78, 5) is 0. The molecular weight excluding hydrogens is 189 g/mol. The molecule has 0 aliphatic heterocycles. The maximum Gasteiger partial charge on any atom is 0.123 e. The Morgan fingerprint density at radius 3 is 2.69 bits per heavy atom. The summed E-state index contributed by atoms with van der Waals surface area (Å²) in [7, 11) is 0. The number of hydrogen-bond donors (Lipinski definition) is 0. The Morgan fingerprint density at radius 2 is 2.15 bits per heavy atom. The smallest absolute Gasteiger partial charge is 0.123 e. The van der Waals surface area contributed by atoms with Crippen molar-refractivity contribution in [2.45, 2.75) is 18.3 Å². The van der Waals surface area contributed by atoms with E-state index < -0.39 is 5.41 Å². The van der Waals surface area contributed by atoms with E-state index in [0.29, 0.717) is 10.6 Å². The van der Waals surface area contributed by atoms with Crippen molar-refractivity contribution in [3.8, 4) is 6.07 Å². The molecule has 1 saturated carbocycles. The van der Waals surface area contributed by atoms with Gasteiger partial charge in [0.1, 0.15) is 5.82 Å². The quantitative estimate of drug-likeness (QED) is 0.676. The minimum Gasteiger partial charge on any atom is -0.207 e. The topological polar surface area (TPSA) is 23.8 Å². The predicted molar refractivity (Wildman–Crippen MR) is 47.9 cm³/mol. The molecule has 1 nitrogen and oxygen atoms in total. The molecule has 0 N–H and O–H groups in total. The van der Waals surface area contributed by atoms with Gasteiger partial charge in [-0.2, -0.15) is 5.26 Å². The van der Waals surface area contributed by atoms with Gasteiger partial charge >= 0.3 is 0 Å². The average molecular weight is 196 g/mol. The van der Waals surface area contributed by atoms with Crippen LogP contribution in [0.15, 0.2) is 18.2 Å². The van der Waals surface area contributed by atoms with Crippen molar-refractivity contribution in [1.82, 2.24) is 0 Å². The van der Waals surface area contributed by atoms with E-state index in [4.69, 9.17) is 16.9 Å². The van der Waals surface area contributed by atoms with Crippen LogP contribution in [0.4, 0.5) is 4.39 Å². The van der Waals surface area contributed by atoms with Crippen LogP contribution in [-0.2, 0) is 5.41 Å².